The van der Waals surface area contributed by atoms with Crippen LogP contribution in [0.4, 0.5) is 0 Å². The van der Waals surface area contributed by atoms with E-state index >= 15 is 0 Å². The highest BCUT2D eigenvalue weighted by Gasteiger charge is 2.20. The molecule has 0 unspecified atom stereocenters. The number of rotatable bonds is 1. The van der Waals surface area contributed by atoms with E-state index in [4.69, 9.17) is 0 Å². The third-order valence-corrected chi connectivity index (χ3v) is 3.77. The minimum atomic E-state index is 0.768. The first-order valence-electron chi connectivity index (χ1n) is 6.59. The van der Waals surface area contributed by atoms with Crippen molar-refractivity contribution >= 4 is 6.29 Å². The van der Waals surface area contributed by atoms with Gasteiger partial charge in [-0.05, 0) is 68.1 Å². The molecule has 0 N–H and O–H groups in total. The molecule has 0 aliphatic heterocycles. The lowest BCUT2D eigenvalue weighted by Gasteiger charge is -2.16. The van der Waals surface area contributed by atoms with Gasteiger partial charge in [0, 0.05) is 5.57 Å². The predicted octanol–water partition coefficient (Wildman–Crippen LogP) is 4.61. The summed E-state index contributed by atoms with van der Waals surface area (Å²) in [5.74, 6) is 0. The highest BCUT2D eigenvalue weighted by molar-refractivity contribution is 5.83. The van der Waals surface area contributed by atoms with Gasteiger partial charge in [0.05, 0.1) is 0 Å². The molecule has 0 saturated heterocycles. The van der Waals surface area contributed by atoms with Crippen molar-refractivity contribution < 1.29 is 4.79 Å². The molecule has 0 spiro atoms. The van der Waals surface area contributed by atoms with E-state index in [1.54, 1.807) is 0 Å². The Balaban J connectivity index is 2.86. The fourth-order valence-electron chi connectivity index (χ4n) is 2.95. The standard InChI is InChI=1S/C18H20O/c1-11-8-13(3)17-12(2)6-7-16(10-19)15(5)18(17)14(4)9-11/h6-10H,1-5H3. The molecule has 0 aromatic rings. The second-order valence-corrected chi connectivity index (χ2v) is 5.36. The molecule has 0 aromatic carbocycles. The van der Waals surface area contributed by atoms with Gasteiger partial charge < -0.3 is 0 Å². The van der Waals surface area contributed by atoms with Crippen LogP contribution < -0.4 is 0 Å². The van der Waals surface area contributed by atoms with Crippen LogP contribution in [0.15, 0.2) is 68.9 Å². The summed E-state index contributed by atoms with van der Waals surface area (Å²) >= 11 is 0. The van der Waals surface area contributed by atoms with E-state index in [-0.39, 0.29) is 0 Å². The minimum absolute atomic E-state index is 0.768. The van der Waals surface area contributed by atoms with Crippen LogP contribution in [0.2, 0.25) is 0 Å². The molecule has 0 atom stereocenters. The molecule has 1 heteroatoms. The zero-order chi connectivity index (χ0) is 14.2. The predicted molar refractivity (Wildman–Crippen MR) is 80.8 cm³/mol. The smallest absolute Gasteiger partial charge is 0.150 e. The number of hydrogen-bond acceptors (Lipinski definition) is 1. The highest BCUT2D eigenvalue weighted by Crippen LogP contribution is 2.37. The van der Waals surface area contributed by atoms with E-state index in [9.17, 15) is 4.79 Å². The van der Waals surface area contributed by atoms with Crippen LogP contribution in [0.25, 0.3) is 0 Å². The SMILES string of the molecule is CC1=CC(C)=C2C(C)=C(C=O)C=CC(C)=C2C(C)=C1. The highest BCUT2D eigenvalue weighted by atomic mass is 16.1. The van der Waals surface area contributed by atoms with Gasteiger partial charge >= 0.3 is 0 Å². The maximum Gasteiger partial charge on any atom is 0.150 e. The van der Waals surface area contributed by atoms with Crippen molar-refractivity contribution in [3.63, 3.8) is 0 Å². The maximum atomic E-state index is 11.3. The van der Waals surface area contributed by atoms with Gasteiger partial charge in [-0.3, -0.25) is 4.79 Å². The average molecular weight is 252 g/mol. The lowest BCUT2D eigenvalue weighted by atomic mass is 9.87. The molecule has 0 bridgehead atoms. The third kappa shape index (κ3) is 2.33. The van der Waals surface area contributed by atoms with Gasteiger partial charge in [0.2, 0.25) is 0 Å². The largest absolute Gasteiger partial charge is 0.298 e. The van der Waals surface area contributed by atoms with Gasteiger partial charge in [0.1, 0.15) is 6.29 Å². The van der Waals surface area contributed by atoms with E-state index in [1.165, 1.54) is 33.4 Å². The van der Waals surface area contributed by atoms with Crippen LogP contribution in [0, 0.1) is 0 Å². The Labute approximate surface area is 115 Å². The van der Waals surface area contributed by atoms with Crippen LogP contribution in [0.5, 0.6) is 0 Å². The molecule has 2 aliphatic rings. The first-order chi connectivity index (χ1) is 8.95. The molecule has 2 aliphatic carbocycles. The van der Waals surface area contributed by atoms with Crippen molar-refractivity contribution in [1.29, 1.82) is 0 Å². The van der Waals surface area contributed by atoms with Crippen molar-refractivity contribution in [2.45, 2.75) is 34.6 Å². The quantitative estimate of drug-likeness (QED) is 0.623. The van der Waals surface area contributed by atoms with E-state index < -0.39 is 0 Å². The normalized spacial score (nSPS) is 19.8. The number of allylic oxidation sites excluding steroid dienone is 12. The Morgan fingerprint density at radius 1 is 0.842 bits per heavy atom. The topological polar surface area (TPSA) is 17.1 Å². The summed E-state index contributed by atoms with van der Waals surface area (Å²) in [5, 5.41) is 0. The zero-order valence-electron chi connectivity index (χ0n) is 12.3. The Bertz CT molecular complexity index is 629. The molecule has 2 rings (SSSR count). The van der Waals surface area contributed by atoms with Crippen molar-refractivity contribution in [3.8, 4) is 0 Å². The van der Waals surface area contributed by atoms with E-state index in [1.807, 2.05) is 19.1 Å². The average Bonchev–Trinajstić information content (AvgIpc) is 2.52. The van der Waals surface area contributed by atoms with Crippen molar-refractivity contribution in [3.05, 3.63) is 68.9 Å². The summed E-state index contributed by atoms with van der Waals surface area (Å²) in [4.78, 5) is 11.3. The van der Waals surface area contributed by atoms with Crippen molar-refractivity contribution in [2.75, 3.05) is 0 Å². The number of carbonyl (C=O) groups excluding carboxylic acids is 1. The maximum absolute atomic E-state index is 11.3. The summed E-state index contributed by atoms with van der Waals surface area (Å²) in [6.45, 7) is 10.5. The Kier molecular flexibility index (Phi) is 3.57. The molecule has 0 radical (unpaired) electrons. The van der Waals surface area contributed by atoms with Crippen LogP contribution >= 0.6 is 0 Å². The lowest BCUT2D eigenvalue weighted by Crippen LogP contribution is -1.99. The Hall–Kier alpha value is -1.89. The summed E-state index contributed by atoms with van der Waals surface area (Å²) < 4.78 is 0. The van der Waals surface area contributed by atoms with Gasteiger partial charge in [0.15, 0.2) is 0 Å². The van der Waals surface area contributed by atoms with Crippen LogP contribution in [0.3, 0.4) is 0 Å². The fraction of sp³-hybridized carbons (Fsp3) is 0.278. The fourth-order valence-corrected chi connectivity index (χ4v) is 2.95. The van der Waals surface area contributed by atoms with Gasteiger partial charge in [-0.25, -0.2) is 0 Å². The molecule has 0 aromatic heterocycles. The monoisotopic (exact) mass is 252 g/mol. The van der Waals surface area contributed by atoms with Crippen LogP contribution in [0.1, 0.15) is 34.6 Å². The van der Waals surface area contributed by atoms with Crippen molar-refractivity contribution in [1.82, 2.24) is 0 Å². The van der Waals surface area contributed by atoms with E-state index in [0.29, 0.717) is 0 Å². The zero-order valence-corrected chi connectivity index (χ0v) is 12.3. The summed E-state index contributed by atoms with van der Waals surface area (Å²) in [5.41, 5.74) is 9.24. The summed E-state index contributed by atoms with van der Waals surface area (Å²) in [6, 6.07) is 0. The second-order valence-electron chi connectivity index (χ2n) is 5.36. The minimum Gasteiger partial charge on any atom is -0.298 e. The molecular weight excluding hydrogens is 232 g/mol. The number of hydrogen-bond donors (Lipinski definition) is 0. The Morgan fingerprint density at radius 3 is 2.16 bits per heavy atom. The van der Waals surface area contributed by atoms with Gasteiger partial charge in [-0.2, -0.15) is 0 Å². The number of fused-ring (bicyclic) bond motifs is 1. The third-order valence-electron chi connectivity index (χ3n) is 3.77. The van der Waals surface area contributed by atoms with E-state index in [0.717, 1.165) is 17.4 Å². The molecule has 98 valence electrons. The molecule has 0 saturated carbocycles. The number of aldehydes is 1. The first-order valence-corrected chi connectivity index (χ1v) is 6.59. The number of carbonyl (C=O) groups is 1. The molecule has 0 fully saturated rings. The van der Waals surface area contributed by atoms with Crippen LogP contribution in [-0.4, -0.2) is 6.29 Å². The summed E-state index contributed by atoms with van der Waals surface area (Å²) in [6.07, 6.45) is 9.31. The summed E-state index contributed by atoms with van der Waals surface area (Å²) in [7, 11) is 0. The first kappa shape index (κ1) is 13.5. The molecule has 0 amide bonds. The Morgan fingerprint density at radius 2 is 1.53 bits per heavy atom. The molecular formula is C18H20O. The second kappa shape index (κ2) is 5.00. The molecule has 1 nitrogen and oxygen atoms in total. The van der Waals surface area contributed by atoms with E-state index in [2.05, 4.69) is 39.8 Å². The molecule has 0 heterocycles. The van der Waals surface area contributed by atoms with Gasteiger partial charge in [-0.15, -0.1) is 0 Å². The van der Waals surface area contributed by atoms with Crippen molar-refractivity contribution in [2.24, 2.45) is 0 Å². The van der Waals surface area contributed by atoms with Gasteiger partial charge in [0.25, 0.3) is 0 Å². The lowest BCUT2D eigenvalue weighted by molar-refractivity contribution is -0.104. The van der Waals surface area contributed by atoms with Gasteiger partial charge in [-0.1, -0.05) is 29.9 Å². The molecule has 19 heavy (non-hydrogen) atoms. The van der Waals surface area contributed by atoms with Crippen LogP contribution in [-0.2, 0) is 4.79 Å².